The van der Waals surface area contributed by atoms with Crippen LogP contribution in [0.3, 0.4) is 0 Å². The van der Waals surface area contributed by atoms with Gasteiger partial charge in [0.1, 0.15) is 11.5 Å². The summed E-state index contributed by atoms with van der Waals surface area (Å²) in [5.41, 5.74) is -1.85. The summed E-state index contributed by atoms with van der Waals surface area (Å²) >= 11 is 0. The largest absolute Gasteiger partial charge is 0.507 e. The van der Waals surface area contributed by atoms with E-state index in [4.69, 9.17) is 4.74 Å². The van der Waals surface area contributed by atoms with E-state index in [9.17, 15) is 30.0 Å². The first-order chi connectivity index (χ1) is 10.7. The fourth-order valence-electron chi connectivity index (χ4n) is 3.12. The lowest BCUT2D eigenvalue weighted by atomic mass is 9.75. The van der Waals surface area contributed by atoms with Crippen LogP contribution < -0.4 is 0 Å². The monoisotopic (exact) mass is 320 g/mol. The quantitative estimate of drug-likeness (QED) is 0.545. The van der Waals surface area contributed by atoms with Crippen molar-refractivity contribution < 1.29 is 34.8 Å². The van der Waals surface area contributed by atoms with E-state index in [0.717, 1.165) is 6.08 Å². The van der Waals surface area contributed by atoms with Gasteiger partial charge in [-0.05, 0) is 6.92 Å². The molecule has 1 aromatic carbocycles. The lowest BCUT2D eigenvalue weighted by molar-refractivity contribution is -0.0668. The lowest BCUT2D eigenvalue weighted by Crippen LogP contribution is -2.46. The number of phenolic OH excluding ortho intramolecular Hbond substituents is 2. The van der Waals surface area contributed by atoms with Crippen LogP contribution >= 0.6 is 0 Å². The zero-order chi connectivity index (χ0) is 17.1. The van der Waals surface area contributed by atoms with E-state index in [1.165, 1.54) is 14.0 Å². The Bertz CT molecular complexity index is 773. The summed E-state index contributed by atoms with van der Waals surface area (Å²) < 4.78 is 4.84. The van der Waals surface area contributed by atoms with Crippen LogP contribution in [-0.2, 0) is 17.6 Å². The third kappa shape index (κ3) is 2.04. The number of carbonyl (C=O) groups excluding carboxylic acids is 2. The average Bonchev–Trinajstić information content (AvgIpc) is 2.48. The van der Waals surface area contributed by atoms with Crippen LogP contribution in [0, 0.1) is 0 Å². The smallest absolute Gasteiger partial charge is 0.232 e. The predicted octanol–water partition coefficient (Wildman–Crippen LogP) is 0.218. The highest BCUT2D eigenvalue weighted by molar-refractivity contribution is 6.26. The van der Waals surface area contributed by atoms with Crippen molar-refractivity contribution in [2.45, 2.75) is 31.5 Å². The van der Waals surface area contributed by atoms with Gasteiger partial charge in [0.25, 0.3) is 0 Å². The van der Waals surface area contributed by atoms with E-state index < -0.39 is 34.8 Å². The lowest BCUT2D eigenvalue weighted by Gasteiger charge is -2.36. The fraction of sp³-hybridized carbons (Fsp3) is 0.375. The van der Waals surface area contributed by atoms with Gasteiger partial charge in [-0.2, -0.15) is 0 Å². The van der Waals surface area contributed by atoms with Gasteiger partial charge >= 0.3 is 0 Å². The van der Waals surface area contributed by atoms with Crippen molar-refractivity contribution in [1.29, 1.82) is 0 Å². The van der Waals surface area contributed by atoms with Gasteiger partial charge in [-0.25, -0.2) is 0 Å². The summed E-state index contributed by atoms with van der Waals surface area (Å²) in [5.74, 6) is -2.55. The van der Waals surface area contributed by atoms with E-state index in [1.807, 2.05) is 0 Å². The van der Waals surface area contributed by atoms with Crippen molar-refractivity contribution in [3.05, 3.63) is 34.1 Å². The zero-order valence-electron chi connectivity index (χ0n) is 12.6. The number of aromatic hydroxyl groups is 2. The van der Waals surface area contributed by atoms with Crippen molar-refractivity contribution >= 4 is 11.6 Å². The van der Waals surface area contributed by atoms with Crippen LogP contribution in [0.15, 0.2) is 11.8 Å². The summed E-state index contributed by atoms with van der Waals surface area (Å²) in [4.78, 5) is 24.5. The summed E-state index contributed by atoms with van der Waals surface area (Å²) in [6.07, 6.45) is -0.523. The molecule has 0 bridgehead atoms. The van der Waals surface area contributed by atoms with Crippen LogP contribution in [0.2, 0.25) is 0 Å². The second kappa shape index (κ2) is 4.81. The Morgan fingerprint density at radius 3 is 2.39 bits per heavy atom. The molecular formula is C16H16O7. The van der Waals surface area contributed by atoms with Gasteiger partial charge in [-0.1, -0.05) is 0 Å². The minimum atomic E-state index is -1.52. The third-order valence-electron chi connectivity index (χ3n) is 4.49. The molecule has 0 aromatic heterocycles. The third-order valence-corrected chi connectivity index (χ3v) is 4.49. The molecule has 0 fully saturated rings. The molecule has 0 saturated heterocycles. The van der Waals surface area contributed by atoms with Gasteiger partial charge in [0, 0.05) is 30.0 Å². The number of aliphatic hydroxyl groups excluding tert-OH is 1. The molecule has 3 rings (SSSR count). The Hall–Kier alpha value is -2.38. The SMILES string of the molecule is COC1=CC(=O)c2c(O)c3c(c(O)c2C1=O)CC(C)(O)C(O)C3. The first kappa shape index (κ1) is 15.5. The molecule has 122 valence electrons. The highest BCUT2D eigenvalue weighted by atomic mass is 16.5. The molecule has 7 nitrogen and oxygen atoms in total. The molecule has 2 aliphatic rings. The minimum Gasteiger partial charge on any atom is -0.507 e. The summed E-state index contributed by atoms with van der Waals surface area (Å²) in [6, 6.07) is 0. The first-order valence-electron chi connectivity index (χ1n) is 7.03. The van der Waals surface area contributed by atoms with Gasteiger partial charge < -0.3 is 25.2 Å². The van der Waals surface area contributed by atoms with Gasteiger partial charge in [0.2, 0.25) is 5.78 Å². The maximum atomic E-state index is 12.3. The van der Waals surface area contributed by atoms with Crippen LogP contribution in [0.25, 0.3) is 0 Å². The van der Waals surface area contributed by atoms with Gasteiger partial charge in [0.15, 0.2) is 11.5 Å². The fourth-order valence-corrected chi connectivity index (χ4v) is 3.12. The van der Waals surface area contributed by atoms with Crippen molar-refractivity contribution in [3.8, 4) is 11.5 Å². The molecule has 0 spiro atoms. The van der Waals surface area contributed by atoms with E-state index in [-0.39, 0.29) is 40.9 Å². The van der Waals surface area contributed by atoms with E-state index in [0.29, 0.717) is 0 Å². The van der Waals surface area contributed by atoms with Crippen molar-refractivity contribution in [3.63, 3.8) is 0 Å². The molecule has 0 aliphatic heterocycles. The van der Waals surface area contributed by atoms with Crippen molar-refractivity contribution in [2.24, 2.45) is 0 Å². The van der Waals surface area contributed by atoms with Gasteiger partial charge in [0.05, 0.1) is 29.9 Å². The van der Waals surface area contributed by atoms with Crippen LogP contribution in [0.1, 0.15) is 38.8 Å². The number of hydrogen-bond acceptors (Lipinski definition) is 7. The topological polar surface area (TPSA) is 124 Å². The van der Waals surface area contributed by atoms with Crippen molar-refractivity contribution in [2.75, 3.05) is 7.11 Å². The number of hydrogen-bond donors (Lipinski definition) is 4. The normalized spacial score (nSPS) is 26.4. The zero-order valence-corrected chi connectivity index (χ0v) is 12.6. The Labute approximate surface area is 131 Å². The Morgan fingerprint density at radius 1 is 1.17 bits per heavy atom. The molecule has 2 atom stereocenters. The van der Waals surface area contributed by atoms with Crippen molar-refractivity contribution in [1.82, 2.24) is 0 Å². The number of benzene rings is 1. The molecule has 0 amide bonds. The van der Waals surface area contributed by atoms with Gasteiger partial charge in [-0.3, -0.25) is 9.59 Å². The molecule has 2 aliphatic carbocycles. The Morgan fingerprint density at radius 2 is 1.78 bits per heavy atom. The minimum absolute atomic E-state index is 0.142. The van der Waals surface area contributed by atoms with Crippen LogP contribution in [-0.4, -0.2) is 50.8 Å². The molecular weight excluding hydrogens is 304 g/mol. The van der Waals surface area contributed by atoms with E-state index in [1.54, 1.807) is 0 Å². The number of allylic oxidation sites excluding steroid dienone is 2. The number of methoxy groups -OCH3 is 1. The van der Waals surface area contributed by atoms with Gasteiger partial charge in [-0.15, -0.1) is 0 Å². The number of phenols is 2. The molecule has 2 unspecified atom stereocenters. The molecule has 0 radical (unpaired) electrons. The van der Waals surface area contributed by atoms with Crippen LogP contribution in [0.4, 0.5) is 0 Å². The summed E-state index contributed by atoms with van der Waals surface area (Å²) in [5, 5.41) is 41.0. The first-order valence-corrected chi connectivity index (χ1v) is 7.03. The van der Waals surface area contributed by atoms with E-state index in [2.05, 4.69) is 0 Å². The second-order valence-corrected chi connectivity index (χ2v) is 6.06. The molecule has 0 heterocycles. The Kier molecular flexibility index (Phi) is 3.24. The maximum Gasteiger partial charge on any atom is 0.232 e. The molecule has 23 heavy (non-hydrogen) atoms. The molecule has 4 N–H and O–H groups in total. The number of carbonyl (C=O) groups is 2. The average molecular weight is 320 g/mol. The number of Topliss-reactive ketones (excluding diaryl/α,β-unsaturated/α-hetero) is 1. The number of aliphatic hydroxyl groups is 2. The summed E-state index contributed by atoms with van der Waals surface area (Å²) in [7, 11) is 1.22. The summed E-state index contributed by atoms with van der Waals surface area (Å²) in [6.45, 7) is 1.39. The second-order valence-electron chi connectivity index (χ2n) is 6.06. The standard InChI is InChI=1S/C16H16O7/c1-16(22)5-7-6(3-10(16)18)13(19)11-8(17)4-9(23-2)15(21)12(11)14(7)20/h4,10,18-20,22H,3,5H2,1-2H3. The Balaban J connectivity index is 2.31. The maximum absolute atomic E-state index is 12.3. The molecule has 0 saturated carbocycles. The number of fused-ring (bicyclic) bond motifs is 2. The highest BCUT2D eigenvalue weighted by Gasteiger charge is 2.43. The number of ketones is 2. The number of ether oxygens (including phenoxy) is 1. The molecule has 1 aromatic rings. The van der Waals surface area contributed by atoms with Crippen LogP contribution in [0.5, 0.6) is 11.5 Å². The highest BCUT2D eigenvalue weighted by Crippen LogP contribution is 2.45. The molecule has 7 heteroatoms. The van der Waals surface area contributed by atoms with E-state index >= 15 is 0 Å². The number of rotatable bonds is 1. The predicted molar refractivity (Wildman–Crippen MR) is 77.6 cm³/mol.